The van der Waals surface area contributed by atoms with Crippen LogP contribution < -0.4 is 16.2 Å². The molecule has 0 fully saturated rings. The molecule has 0 aliphatic rings. The average Bonchev–Trinajstić information content (AvgIpc) is 2.58. The van der Waals surface area contributed by atoms with E-state index >= 15 is 0 Å². The minimum Gasteiger partial charge on any atom is -0.356 e. The molecule has 136 valence electrons. The van der Waals surface area contributed by atoms with Crippen LogP contribution in [0.25, 0.3) is 0 Å². The molecule has 2 N–H and O–H groups in total. The highest BCUT2D eigenvalue weighted by atomic mass is 127. The van der Waals surface area contributed by atoms with Gasteiger partial charge in [0.05, 0.1) is 6.54 Å². The molecule has 0 saturated carbocycles. The molecule has 1 heterocycles. The number of nitrogens with zero attached hydrogens (tertiary/aromatic N) is 2. The highest BCUT2D eigenvalue weighted by molar-refractivity contribution is 14.0. The second kappa shape index (κ2) is 10.9. The molecule has 0 saturated heterocycles. The summed E-state index contributed by atoms with van der Waals surface area (Å²) in [5.74, 6) is 1.38. The Kier molecular flexibility index (Phi) is 9.26. The molecular weight excluding hydrogens is 427 g/mol. The molecule has 0 aliphatic carbocycles. The molecule has 0 radical (unpaired) electrons. The number of aliphatic imine (C=N–C) groups is 1. The van der Waals surface area contributed by atoms with Gasteiger partial charge in [-0.3, -0.25) is 9.79 Å². The molecule has 0 unspecified atom stereocenters. The van der Waals surface area contributed by atoms with E-state index in [1.165, 1.54) is 5.56 Å². The summed E-state index contributed by atoms with van der Waals surface area (Å²) in [5, 5.41) is 6.59. The minimum atomic E-state index is 0. The molecule has 0 bridgehead atoms. The van der Waals surface area contributed by atoms with Crippen molar-refractivity contribution >= 4 is 29.9 Å². The fraction of sp³-hybridized carbons (Fsp3) is 0.368. The van der Waals surface area contributed by atoms with Crippen LogP contribution in [0, 0.1) is 5.92 Å². The monoisotopic (exact) mass is 454 g/mol. The fourth-order valence-electron chi connectivity index (χ4n) is 2.26. The number of halogens is 1. The second-order valence-corrected chi connectivity index (χ2v) is 6.18. The van der Waals surface area contributed by atoms with Gasteiger partial charge in [-0.2, -0.15) is 0 Å². The largest absolute Gasteiger partial charge is 0.356 e. The Morgan fingerprint density at radius 1 is 1.08 bits per heavy atom. The molecule has 2 rings (SSSR count). The molecule has 0 spiro atoms. The standard InChI is InChI=1S/C19H26N4O.HI/c1-15(2)12-21-19(20-3)22-13-16-7-9-17(10-8-16)14-23-11-5-4-6-18(23)24;/h4-11,15H,12-14H2,1-3H3,(H2,20,21,22);1H. The van der Waals surface area contributed by atoms with E-state index in [4.69, 9.17) is 0 Å². The van der Waals surface area contributed by atoms with E-state index in [1.54, 1.807) is 23.7 Å². The average molecular weight is 454 g/mol. The van der Waals surface area contributed by atoms with E-state index in [0.29, 0.717) is 19.0 Å². The SMILES string of the molecule is CN=C(NCc1ccc(Cn2ccccc2=O)cc1)NCC(C)C.I. The summed E-state index contributed by atoms with van der Waals surface area (Å²) in [7, 11) is 1.77. The van der Waals surface area contributed by atoms with Crippen molar-refractivity contribution in [3.05, 3.63) is 70.1 Å². The van der Waals surface area contributed by atoms with E-state index in [9.17, 15) is 4.79 Å². The van der Waals surface area contributed by atoms with Gasteiger partial charge in [0.15, 0.2) is 5.96 Å². The Morgan fingerprint density at radius 3 is 2.36 bits per heavy atom. The van der Waals surface area contributed by atoms with E-state index < -0.39 is 0 Å². The van der Waals surface area contributed by atoms with Gasteiger partial charge in [-0.25, -0.2) is 0 Å². The van der Waals surface area contributed by atoms with Crippen LogP contribution in [-0.2, 0) is 13.1 Å². The highest BCUT2D eigenvalue weighted by Crippen LogP contribution is 2.05. The van der Waals surface area contributed by atoms with Crippen LogP contribution in [0.5, 0.6) is 0 Å². The molecule has 2 aromatic rings. The Balaban J connectivity index is 0.00000312. The van der Waals surface area contributed by atoms with Crippen LogP contribution in [-0.4, -0.2) is 24.1 Å². The van der Waals surface area contributed by atoms with Gasteiger partial charge in [-0.05, 0) is 23.1 Å². The Bertz CT molecular complexity index is 723. The van der Waals surface area contributed by atoms with Crippen molar-refractivity contribution in [1.29, 1.82) is 0 Å². The zero-order chi connectivity index (χ0) is 17.4. The number of hydrogen-bond acceptors (Lipinski definition) is 2. The van der Waals surface area contributed by atoms with E-state index in [-0.39, 0.29) is 29.5 Å². The molecule has 1 aromatic carbocycles. The molecule has 0 atom stereocenters. The van der Waals surface area contributed by atoms with E-state index in [0.717, 1.165) is 18.1 Å². The Hall–Kier alpha value is -1.83. The summed E-state index contributed by atoms with van der Waals surface area (Å²) in [5.41, 5.74) is 2.30. The summed E-state index contributed by atoms with van der Waals surface area (Å²) in [6, 6.07) is 13.5. The maximum Gasteiger partial charge on any atom is 0.250 e. The third kappa shape index (κ3) is 7.29. The third-order valence-corrected chi connectivity index (χ3v) is 3.64. The molecule has 25 heavy (non-hydrogen) atoms. The van der Waals surface area contributed by atoms with Gasteiger partial charge < -0.3 is 15.2 Å². The van der Waals surface area contributed by atoms with Crippen LogP contribution in [0.2, 0.25) is 0 Å². The lowest BCUT2D eigenvalue weighted by atomic mass is 10.1. The van der Waals surface area contributed by atoms with Crippen LogP contribution in [0.3, 0.4) is 0 Å². The van der Waals surface area contributed by atoms with Crippen molar-refractivity contribution in [1.82, 2.24) is 15.2 Å². The predicted molar refractivity (Wildman–Crippen MR) is 115 cm³/mol. The number of hydrogen-bond donors (Lipinski definition) is 2. The summed E-state index contributed by atoms with van der Waals surface area (Å²) in [4.78, 5) is 16.0. The van der Waals surface area contributed by atoms with Crippen LogP contribution in [0.1, 0.15) is 25.0 Å². The molecule has 0 aliphatic heterocycles. The van der Waals surface area contributed by atoms with Crippen LogP contribution in [0.15, 0.2) is 58.4 Å². The highest BCUT2D eigenvalue weighted by Gasteiger charge is 2.01. The normalized spacial score (nSPS) is 11.1. The zero-order valence-corrected chi connectivity index (χ0v) is 17.4. The van der Waals surface area contributed by atoms with Gasteiger partial charge in [0, 0.05) is 32.4 Å². The maximum absolute atomic E-state index is 11.7. The molecule has 5 nitrogen and oxygen atoms in total. The van der Waals surface area contributed by atoms with E-state index in [1.807, 2.05) is 12.3 Å². The summed E-state index contributed by atoms with van der Waals surface area (Å²) >= 11 is 0. The Labute approximate surface area is 166 Å². The van der Waals surface area contributed by atoms with Crippen molar-refractivity contribution in [2.45, 2.75) is 26.9 Å². The van der Waals surface area contributed by atoms with Crippen molar-refractivity contribution in [2.24, 2.45) is 10.9 Å². The second-order valence-electron chi connectivity index (χ2n) is 6.18. The van der Waals surface area contributed by atoms with Gasteiger partial charge in [-0.1, -0.05) is 44.2 Å². The molecule has 0 amide bonds. The first kappa shape index (κ1) is 21.2. The predicted octanol–water partition coefficient (Wildman–Crippen LogP) is 2.84. The summed E-state index contributed by atoms with van der Waals surface area (Å²) < 4.78 is 1.70. The van der Waals surface area contributed by atoms with Crippen LogP contribution >= 0.6 is 24.0 Å². The first-order valence-electron chi connectivity index (χ1n) is 8.26. The lowest BCUT2D eigenvalue weighted by Gasteiger charge is -2.13. The van der Waals surface area contributed by atoms with Gasteiger partial charge in [0.1, 0.15) is 0 Å². The van der Waals surface area contributed by atoms with Gasteiger partial charge >= 0.3 is 0 Å². The zero-order valence-electron chi connectivity index (χ0n) is 15.0. The minimum absolute atomic E-state index is 0. The molecule has 6 heteroatoms. The number of pyridine rings is 1. The summed E-state index contributed by atoms with van der Waals surface area (Å²) in [6.07, 6.45) is 1.81. The number of benzene rings is 1. The number of aromatic nitrogens is 1. The fourth-order valence-corrected chi connectivity index (χ4v) is 2.26. The number of nitrogens with one attached hydrogen (secondary N) is 2. The molecule has 1 aromatic heterocycles. The topological polar surface area (TPSA) is 58.4 Å². The smallest absolute Gasteiger partial charge is 0.250 e. The maximum atomic E-state index is 11.7. The quantitative estimate of drug-likeness (QED) is 0.401. The van der Waals surface area contributed by atoms with E-state index in [2.05, 4.69) is 53.7 Å². The number of rotatable bonds is 6. The lowest BCUT2D eigenvalue weighted by Crippen LogP contribution is -2.38. The third-order valence-electron chi connectivity index (χ3n) is 3.64. The van der Waals surface area contributed by atoms with Gasteiger partial charge in [-0.15, -0.1) is 24.0 Å². The van der Waals surface area contributed by atoms with Crippen molar-refractivity contribution in [2.75, 3.05) is 13.6 Å². The lowest BCUT2D eigenvalue weighted by molar-refractivity contribution is 0.614. The summed E-state index contributed by atoms with van der Waals surface area (Å²) in [6.45, 7) is 6.52. The molecular formula is C19H27IN4O. The first-order chi connectivity index (χ1) is 11.6. The van der Waals surface area contributed by atoms with Crippen LogP contribution in [0.4, 0.5) is 0 Å². The van der Waals surface area contributed by atoms with Crippen molar-refractivity contribution < 1.29 is 0 Å². The Morgan fingerprint density at radius 2 is 1.76 bits per heavy atom. The van der Waals surface area contributed by atoms with Crippen molar-refractivity contribution in [3.8, 4) is 0 Å². The van der Waals surface area contributed by atoms with Gasteiger partial charge in [0.25, 0.3) is 5.56 Å². The van der Waals surface area contributed by atoms with Crippen molar-refractivity contribution in [3.63, 3.8) is 0 Å². The number of guanidine groups is 1. The van der Waals surface area contributed by atoms with Gasteiger partial charge in [0.2, 0.25) is 0 Å². The first-order valence-corrected chi connectivity index (χ1v) is 8.26.